The zero-order chi connectivity index (χ0) is 30.8. The van der Waals surface area contributed by atoms with Crippen LogP contribution in [0.5, 0.6) is 0 Å². The molecule has 0 spiro atoms. The maximum Gasteiger partial charge on any atom is 0.261 e. The van der Waals surface area contributed by atoms with Crippen molar-refractivity contribution in [2.45, 2.75) is 38.1 Å². The highest BCUT2D eigenvalue weighted by molar-refractivity contribution is 6.21. The van der Waals surface area contributed by atoms with Crippen molar-refractivity contribution >= 4 is 11.8 Å². The summed E-state index contributed by atoms with van der Waals surface area (Å²) >= 11 is 0. The van der Waals surface area contributed by atoms with Crippen LogP contribution in [0.2, 0.25) is 0 Å². The molecule has 3 aliphatic rings. The Morgan fingerprint density at radius 2 is 1.40 bits per heavy atom. The van der Waals surface area contributed by atoms with E-state index in [2.05, 4.69) is 11.0 Å². The van der Waals surface area contributed by atoms with E-state index in [0.717, 1.165) is 72.6 Å². The van der Waals surface area contributed by atoms with Gasteiger partial charge in [-0.25, -0.2) is 0 Å². The summed E-state index contributed by atoms with van der Waals surface area (Å²) in [6.07, 6.45) is -0.0229. The second-order valence-corrected chi connectivity index (χ2v) is 11.8. The Bertz CT molecular complexity index is 1650. The third kappa shape index (κ3) is 6.33. The molecule has 8 heteroatoms. The molecule has 4 aromatic rings. The van der Waals surface area contributed by atoms with Gasteiger partial charge in [0.1, 0.15) is 0 Å². The van der Waals surface area contributed by atoms with E-state index in [1.54, 1.807) is 24.3 Å². The van der Waals surface area contributed by atoms with Crippen LogP contribution in [0.1, 0.15) is 61.8 Å². The second-order valence-electron chi connectivity index (χ2n) is 11.8. The Kier molecular flexibility index (Phi) is 8.56. The van der Waals surface area contributed by atoms with Crippen molar-refractivity contribution in [3.05, 3.63) is 130 Å². The van der Waals surface area contributed by atoms with E-state index >= 15 is 0 Å². The minimum atomic E-state index is -0.561. The number of amides is 2. The van der Waals surface area contributed by atoms with E-state index in [0.29, 0.717) is 11.1 Å². The van der Waals surface area contributed by atoms with E-state index in [4.69, 9.17) is 14.2 Å². The number of hydrogen-bond donors (Lipinski definition) is 1. The molecule has 0 aromatic heterocycles. The number of imide groups is 1. The lowest BCUT2D eigenvalue weighted by molar-refractivity contribution is -0.253. The Hall–Kier alpha value is -4.18. The molecule has 0 unspecified atom stereocenters. The molecular weight excluding hydrogens is 568 g/mol. The smallest absolute Gasteiger partial charge is 0.261 e. The Morgan fingerprint density at radius 3 is 2.11 bits per heavy atom. The first-order chi connectivity index (χ1) is 22.1. The lowest BCUT2D eigenvalue weighted by Crippen LogP contribution is -2.44. The van der Waals surface area contributed by atoms with E-state index in [9.17, 15) is 14.7 Å². The molecule has 3 atom stereocenters. The first kappa shape index (κ1) is 29.5. The van der Waals surface area contributed by atoms with Crippen molar-refractivity contribution in [1.82, 2.24) is 9.80 Å². The summed E-state index contributed by atoms with van der Waals surface area (Å²) in [6, 6.07) is 31.0. The first-order valence-electron chi connectivity index (χ1n) is 15.5. The predicted octanol–water partition coefficient (Wildman–Crippen LogP) is 5.52. The van der Waals surface area contributed by atoms with Gasteiger partial charge in [0.2, 0.25) is 0 Å². The third-order valence-electron chi connectivity index (χ3n) is 8.82. The lowest BCUT2D eigenvalue weighted by Gasteiger charge is -2.39. The van der Waals surface area contributed by atoms with Crippen LogP contribution in [0, 0.1) is 0 Å². The maximum atomic E-state index is 13.0. The monoisotopic (exact) mass is 604 g/mol. The summed E-state index contributed by atoms with van der Waals surface area (Å²) < 4.78 is 18.8. The number of benzene rings is 4. The van der Waals surface area contributed by atoms with E-state index in [1.165, 1.54) is 4.90 Å². The highest BCUT2D eigenvalue weighted by Crippen LogP contribution is 2.39. The zero-order valence-electron chi connectivity index (χ0n) is 25.0. The number of aliphatic hydroxyl groups is 1. The summed E-state index contributed by atoms with van der Waals surface area (Å²) in [5, 5.41) is 9.52. The predicted molar refractivity (Wildman–Crippen MR) is 168 cm³/mol. The molecule has 1 N–H and O–H groups in total. The van der Waals surface area contributed by atoms with Crippen LogP contribution in [0.15, 0.2) is 97.1 Å². The van der Waals surface area contributed by atoms with Gasteiger partial charge in [-0.1, -0.05) is 72.8 Å². The number of hydrogen-bond acceptors (Lipinski definition) is 7. The highest BCUT2D eigenvalue weighted by Gasteiger charge is 2.35. The van der Waals surface area contributed by atoms with Gasteiger partial charge in [-0.15, -0.1) is 0 Å². The standard InChI is InChI=1S/C37H36N2O6/c40-24-25-11-13-27(14-12-25)34-21-31(23-38-15-17-43-18-16-38)44-37(45-34)30-8-4-7-29(20-30)28-6-3-5-26(19-28)22-39-35(41)32-9-1-2-10-33(32)36(39)42/h1-14,19-20,31,34,37,40H,15-18,21-24H2/t31-,34+,37+/m0/s1. The number of ether oxygens (including phenoxy) is 3. The van der Waals surface area contributed by atoms with Crippen LogP contribution >= 0.6 is 0 Å². The van der Waals surface area contributed by atoms with Crippen LogP contribution in [0.4, 0.5) is 0 Å². The fraction of sp³-hybridized carbons (Fsp3) is 0.297. The van der Waals surface area contributed by atoms with Crippen LogP contribution in [0.3, 0.4) is 0 Å². The molecule has 2 saturated heterocycles. The number of rotatable bonds is 8. The number of nitrogens with zero attached hydrogens (tertiary/aromatic N) is 2. The van der Waals surface area contributed by atoms with Gasteiger partial charge in [0.25, 0.3) is 11.8 Å². The fourth-order valence-corrected chi connectivity index (χ4v) is 6.38. The second kappa shape index (κ2) is 13.0. The van der Waals surface area contributed by atoms with Crippen LogP contribution in [-0.4, -0.2) is 65.7 Å². The quantitative estimate of drug-likeness (QED) is 0.265. The summed E-state index contributed by atoms with van der Waals surface area (Å²) in [5.41, 5.74) is 6.58. The number of fused-ring (bicyclic) bond motifs is 1. The fourth-order valence-electron chi connectivity index (χ4n) is 6.38. The van der Waals surface area contributed by atoms with Crippen molar-refractivity contribution in [1.29, 1.82) is 0 Å². The van der Waals surface area contributed by atoms with Gasteiger partial charge in [0.15, 0.2) is 6.29 Å². The molecule has 0 radical (unpaired) electrons. The van der Waals surface area contributed by atoms with Gasteiger partial charge in [-0.3, -0.25) is 19.4 Å². The normalized spacial score (nSPS) is 22.1. The van der Waals surface area contributed by atoms with Crippen molar-refractivity contribution < 1.29 is 28.9 Å². The van der Waals surface area contributed by atoms with Crippen molar-refractivity contribution in [3.63, 3.8) is 0 Å². The molecule has 2 amide bonds. The minimum Gasteiger partial charge on any atom is -0.392 e. The maximum absolute atomic E-state index is 13.0. The summed E-state index contributed by atoms with van der Waals surface area (Å²) in [7, 11) is 0. The van der Waals surface area contributed by atoms with Gasteiger partial charge in [0.05, 0.1) is 49.7 Å². The number of aliphatic hydroxyl groups excluding tert-OH is 1. The van der Waals surface area contributed by atoms with Crippen LogP contribution in [0.25, 0.3) is 11.1 Å². The van der Waals surface area contributed by atoms with E-state index < -0.39 is 6.29 Å². The van der Waals surface area contributed by atoms with Crippen molar-refractivity contribution in [2.24, 2.45) is 0 Å². The molecule has 3 heterocycles. The molecule has 8 nitrogen and oxygen atoms in total. The first-order valence-corrected chi connectivity index (χ1v) is 15.5. The number of morpholine rings is 1. The topological polar surface area (TPSA) is 88.5 Å². The lowest BCUT2D eigenvalue weighted by atomic mass is 9.98. The van der Waals surface area contributed by atoms with Gasteiger partial charge in [0, 0.05) is 31.6 Å². The Morgan fingerprint density at radius 1 is 0.711 bits per heavy atom. The summed E-state index contributed by atoms with van der Waals surface area (Å²) in [6.45, 7) is 4.23. The van der Waals surface area contributed by atoms with Crippen LogP contribution in [-0.2, 0) is 27.4 Å². The number of carbonyl (C=O) groups is 2. The largest absolute Gasteiger partial charge is 0.392 e. The zero-order valence-corrected chi connectivity index (χ0v) is 25.0. The molecule has 0 bridgehead atoms. The van der Waals surface area contributed by atoms with E-state index in [1.807, 2.05) is 66.7 Å². The Balaban J connectivity index is 1.12. The molecular formula is C37H36N2O6. The number of carbonyl (C=O) groups excluding carboxylic acids is 2. The van der Waals surface area contributed by atoms with E-state index in [-0.39, 0.29) is 37.2 Å². The molecule has 0 saturated carbocycles. The Labute approximate surface area is 262 Å². The molecule has 3 aliphatic heterocycles. The highest BCUT2D eigenvalue weighted by atomic mass is 16.7. The molecule has 230 valence electrons. The van der Waals surface area contributed by atoms with Gasteiger partial charge >= 0.3 is 0 Å². The van der Waals surface area contributed by atoms with Crippen LogP contribution < -0.4 is 0 Å². The SMILES string of the molecule is O=C1c2ccccc2C(=O)N1Cc1cccc(-c2cccc([C@@H]3O[C@H](CN4CCOCC4)C[C@H](c4ccc(CO)cc4)O3)c2)c1. The van der Waals surface area contributed by atoms with Crippen molar-refractivity contribution in [3.8, 4) is 11.1 Å². The van der Waals surface area contributed by atoms with Crippen molar-refractivity contribution in [2.75, 3.05) is 32.8 Å². The average molecular weight is 605 g/mol. The third-order valence-corrected chi connectivity index (χ3v) is 8.82. The molecule has 4 aromatic carbocycles. The average Bonchev–Trinajstić information content (AvgIpc) is 3.33. The van der Waals surface area contributed by atoms with Gasteiger partial charge < -0.3 is 19.3 Å². The van der Waals surface area contributed by atoms with Gasteiger partial charge in [-0.05, 0) is 52.1 Å². The summed E-state index contributed by atoms with van der Waals surface area (Å²) in [5.74, 6) is -0.524. The van der Waals surface area contributed by atoms with Gasteiger partial charge in [-0.2, -0.15) is 0 Å². The molecule has 45 heavy (non-hydrogen) atoms. The molecule has 7 rings (SSSR count). The minimum absolute atomic E-state index is 0.00346. The molecule has 0 aliphatic carbocycles. The molecule has 2 fully saturated rings. The summed E-state index contributed by atoms with van der Waals surface area (Å²) in [4.78, 5) is 29.6.